The number of hydrogen-bond acceptors (Lipinski definition) is 4. The second-order valence-electron chi connectivity index (χ2n) is 8.14. The number of aromatic nitrogens is 4. The van der Waals surface area contributed by atoms with Crippen LogP contribution < -0.4 is 16.6 Å². The number of nitrogens with one attached hydrogen (secondary N) is 1. The van der Waals surface area contributed by atoms with Crippen molar-refractivity contribution in [1.29, 1.82) is 0 Å². The normalized spacial score (nSPS) is 12.1. The van der Waals surface area contributed by atoms with Crippen molar-refractivity contribution in [2.75, 3.05) is 0 Å². The van der Waals surface area contributed by atoms with Crippen molar-refractivity contribution in [3.63, 3.8) is 0 Å². The van der Waals surface area contributed by atoms with Crippen molar-refractivity contribution < 1.29 is 4.79 Å². The summed E-state index contributed by atoms with van der Waals surface area (Å²) in [6.07, 6.45) is 3.10. The number of amides is 1. The monoisotopic (exact) mass is 445 g/mol. The summed E-state index contributed by atoms with van der Waals surface area (Å²) in [5.74, 6) is -0.0514. The lowest BCUT2D eigenvalue weighted by Crippen LogP contribution is -2.37. The molecule has 33 heavy (non-hydrogen) atoms. The molecule has 0 radical (unpaired) electrons. The molecule has 4 aromatic rings. The Kier molecular flexibility index (Phi) is 6.53. The van der Waals surface area contributed by atoms with Gasteiger partial charge in [-0.15, -0.1) is 0 Å². The van der Waals surface area contributed by atoms with Crippen LogP contribution in [0, 0.1) is 0 Å². The maximum atomic E-state index is 12.8. The number of hydrogen-bond donors (Lipinski definition) is 1. The van der Waals surface area contributed by atoms with Crippen LogP contribution in [0.1, 0.15) is 30.0 Å². The Balaban J connectivity index is 1.44. The second-order valence-corrected chi connectivity index (χ2v) is 8.14. The molecule has 1 N–H and O–H groups in total. The molecule has 2 heterocycles. The predicted molar refractivity (Wildman–Crippen MR) is 127 cm³/mol. The van der Waals surface area contributed by atoms with Gasteiger partial charge in [0, 0.05) is 27.1 Å². The van der Waals surface area contributed by atoms with E-state index in [4.69, 9.17) is 0 Å². The number of aryl methyl sites for hydroxylation is 2. The van der Waals surface area contributed by atoms with Crippen LogP contribution in [0.4, 0.5) is 0 Å². The van der Waals surface area contributed by atoms with Crippen LogP contribution in [-0.2, 0) is 31.9 Å². The number of imidazole rings is 1. The zero-order valence-corrected chi connectivity index (χ0v) is 18.8. The molecule has 0 bridgehead atoms. The molecule has 2 aromatic carbocycles. The van der Waals surface area contributed by atoms with Crippen LogP contribution in [0.25, 0.3) is 11.2 Å². The first-order chi connectivity index (χ1) is 16.0. The number of rotatable bonds is 8. The minimum absolute atomic E-state index is 0.0514. The fourth-order valence-corrected chi connectivity index (χ4v) is 4.03. The fourth-order valence-electron chi connectivity index (χ4n) is 4.03. The summed E-state index contributed by atoms with van der Waals surface area (Å²) < 4.78 is 4.14. The third-order valence-electron chi connectivity index (χ3n) is 5.84. The average molecular weight is 446 g/mol. The zero-order chi connectivity index (χ0) is 23.4. The maximum Gasteiger partial charge on any atom is 0.332 e. The van der Waals surface area contributed by atoms with E-state index in [1.807, 2.05) is 48.5 Å². The summed E-state index contributed by atoms with van der Waals surface area (Å²) in [5, 5.41) is 3.16. The van der Waals surface area contributed by atoms with Crippen molar-refractivity contribution >= 4 is 17.1 Å². The number of carbonyl (C=O) groups is 1. The van der Waals surface area contributed by atoms with E-state index in [2.05, 4.69) is 22.4 Å². The van der Waals surface area contributed by atoms with Gasteiger partial charge in [-0.25, -0.2) is 9.78 Å². The fraction of sp³-hybridized carbons (Fsp3) is 0.280. The Morgan fingerprint density at radius 2 is 1.64 bits per heavy atom. The van der Waals surface area contributed by atoms with Crippen LogP contribution in [-0.4, -0.2) is 24.6 Å². The van der Waals surface area contributed by atoms with Gasteiger partial charge in [0.25, 0.3) is 5.56 Å². The molecule has 1 unspecified atom stereocenters. The molecule has 1 atom stereocenters. The molecular weight excluding hydrogens is 418 g/mol. The first-order valence-corrected chi connectivity index (χ1v) is 10.9. The van der Waals surface area contributed by atoms with Crippen molar-refractivity contribution in [2.45, 2.75) is 31.8 Å². The summed E-state index contributed by atoms with van der Waals surface area (Å²) in [4.78, 5) is 41.7. The Labute approximate surface area is 191 Å². The minimum Gasteiger partial charge on any atom is -0.349 e. The maximum absolute atomic E-state index is 12.8. The molecule has 0 aliphatic rings. The minimum atomic E-state index is -0.414. The van der Waals surface area contributed by atoms with Gasteiger partial charge in [-0.1, -0.05) is 60.7 Å². The highest BCUT2D eigenvalue weighted by molar-refractivity contribution is 5.76. The quantitative estimate of drug-likeness (QED) is 0.451. The van der Waals surface area contributed by atoms with Crippen molar-refractivity contribution in [2.24, 2.45) is 14.1 Å². The lowest BCUT2D eigenvalue weighted by Gasteiger charge is -2.19. The Morgan fingerprint density at radius 3 is 2.33 bits per heavy atom. The molecule has 0 saturated carbocycles. The van der Waals surface area contributed by atoms with Gasteiger partial charge in [0.05, 0.1) is 12.4 Å². The van der Waals surface area contributed by atoms with E-state index >= 15 is 0 Å². The van der Waals surface area contributed by atoms with Crippen LogP contribution in [0.3, 0.4) is 0 Å². The topological polar surface area (TPSA) is 90.9 Å². The van der Waals surface area contributed by atoms with Gasteiger partial charge in [0.15, 0.2) is 11.2 Å². The molecule has 0 aliphatic carbocycles. The summed E-state index contributed by atoms with van der Waals surface area (Å²) >= 11 is 0. The van der Waals surface area contributed by atoms with Crippen LogP contribution >= 0.6 is 0 Å². The lowest BCUT2D eigenvalue weighted by atomic mass is 9.98. The summed E-state index contributed by atoms with van der Waals surface area (Å²) in [6, 6.07) is 19.9. The summed E-state index contributed by atoms with van der Waals surface area (Å²) in [6.45, 7) is 0.450. The van der Waals surface area contributed by atoms with E-state index in [1.165, 1.54) is 11.6 Å². The number of carbonyl (C=O) groups excluding carboxylic acids is 1. The third-order valence-corrected chi connectivity index (χ3v) is 5.84. The molecule has 0 saturated heterocycles. The van der Waals surface area contributed by atoms with Gasteiger partial charge in [-0.2, -0.15) is 0 Å². The first kappa shape index (κ1) is 22.3. The second kappa shape index (κ2) is 9.68. The lowest BCUT2D eigenvalue weighted by molar-refractivity contribution is -0.122. The smallest absolute Gasteiger partial charge is 0.332 e. The predicted octanol–water partition coefficient (Wildman–Crippen LogP) is 2.31. The Morgan fingerprint density at radius 1 is 0.970 bits per heavy atom. The molecule has 0 fully saturated rings. The standard InChI is InChI=1S/C25H27N5O3/c1-28-23-22(24(32)29(2)25(28)33)30(17-26-23)15-9-14-21(31)27-20(19-12-7-4-8-13-19)16-18-10-5-3-6-11-18/h3-8,10-13,17,20H,9,14-16H2,1-2H3,(H,27,31). The van der Waals surface area contributed by atoms with Gasteiger partial charge >= 0.3 is 5.69 Å². The van der Waals surface area contributed by atoms with Crippen LogP contribution in [0.2, 0.25) is 0 Å². The van der Waals surface area contributed by atoms with Gasteiger partial charge in [-0.05, 0) is 24.0 Å². The van der Waals surface area contributed by atoms with E-state index in [0.29, 0.717) is 37.0 Å². The van der Waals surface area contributed by atoms with Crippen molar-refractivity contribution in [3.8, 4) is 0 Å². The summed E-state index contributed by atoms with van der Waals surface area (Å²) in [7, 11) is 3.04. The molecule has 2 aromatic heterocycles. The third kappa shape index (κ3) is 4.79. The highest BCUT2D eigenvalue weighted by Gasteiger charge is 2.17. The van der Waals surface area contributed by atoms with Gasteiger partial charge in [0.1, 0.15) is 0 Å². The van der Waals surface area contributed by atoms with E-state index in [0.717, 1.165) is 15.7 Å². The SMILES string of the molecule is Cn1c(=O)c2c(ncn2CCCC(=O)NC(Cc2ccccc2)c2ccccc2)n(C)c1=O. The van der Waals surface area contributed by atoms with Gasteiger partial charge < -0.3 is 9.88 Å². The molecule has 170 valence electrons. The van der Waals surface area contributed by atoms with Crippen molar-refractivity contribution in [3.05, 3.63) is 99.0 Å². The largest absolute Gasteiger partial charge is 0.349 e. The van der Waals surface area contributed by atoms with E-state index < -0.39 is 5.69 Å². The number of nitrogens with zero attached hydrogens (tertiary/aromatic N) is 4. The van der Waals surface area contributed by atoms with Crippen LogP contribution in [0.5, 0.6) is 0 Å². The van der Waals surface area contributed by atoms with E-state index in [1.54, 1.807) is 17.9 Å². The Bertz CT molecular complexity index is 1370. The van der Waals surface area contributed by atoms with E-state index in [-0.39, 0.29) is 17.5 Å². The molecule has 4 rings (SSSR count). The molecule has 0 aliphatic heterocycles. The van der Waals surface area contributed by atoms with E-state index in [9.17, 15) is 14.4 Å². The molecular formula is C25H27N5O3. The molecule has 1 amide bonds. The molecule has 0 spiro atoms. The first-order valence-electron chi connectivity index (χ1n) is 10.9. The van der Waals surface area contributed by atoms with Gasteiger partial charge in [-0.3, -0.25) is 18.7 Å². The van der Waals surface area contributed by atoms with Crippen LogP contribution in [0.15, 0.2) is 76.6 Å². The Hall–Kier alpha value is -3.94. The molecule has 8 nitrogen and oxygen atoms in total. The number of benzene rings is 2. The van der Waals surface area contributed by atoms with Crippen molar-refractivity contribution in [1.82, 2.24) is 24.0 Å². The highest BCUT2D eigenvalue weighted by Crippen LogP contribution is 2.19. The average Bonchev–Trinajstić information content (AvgIpc) is 3.26. The van der Waals surface area contributed by atoms with Gasteiger partial charge in [0.2, 0.25) is 5.91 Å². The number of fused-ring (bicyclic) bond motifs is 1. The molecule has 8 heteroatoms. The summed E-state index contributed by atoms with van der Waals surface area (Å²) in [5.41, 5.74) is 2.12. The highest BCUT2D eigenvalue weighted by atomic mass is 16.2. The zero-order valence-electron chi connectivity index (χ0n) is 18.8.